The molecule has 0 N–H and O–H groups in total. The predicted octanol–water partition coefficient (Wildman–Crippen LogP) is 4.63. The van der Waals surface area contributed by atoms with Crippen molar-refractivity contribution in [2.45, 2.75) is 26.2 Å². The first-order valence-corrected chi connectivity index (χ1v) is 8.92. The summed E-state index contributed by atoms with van der Waals surface area (Å²) in [5.41, 5.74) is 8.72. The molecule has 0 bridgehead atoms. The van der Waals surface area contributed by atoms with Crippen molar-refractivity contribution >= 4 is 5.57 Å². The van der Waals surface area contributed by atoms with E-state index in [1.807, 2.05) is 0 Å². The molecule has 1 heterocycles. The van der Waals surface area contributed by atoms with Crippen LogP contribution in [0.1, 0.15) is 41.5 Å². The number of fused-ring (bicyclic) bond motifs is 3. The number of aryl methyl sites for hydroxylation is 1. The average molecular weight is 319 g/mol. The van der Waals surface area contributed by atoms with E-state index in [-0.39, 0.29) is 0 Å². The van der Waals surface area contributed by atoms with Crippen LogP contribution in [-0.4, -0.2) is 31.6 Å². The first-order chi connectivity index (χ1) is 11.7. The van der Waals surface area contributed by atoms with E-state index in [9.17, 15) is 0 Å². The number of methoxy groups -OCH3 is 1. The molecule has 2 aliphatic rings. The Morgan fingerprint density at radius 1 is 1.12 bits per heavy atom. The lowest BCUT2D eigenvalue weighted by molar-refractivity contribution is 0.254. The zero-order valence-corrected chi connectivity index (χ0v) is 14.8. The van der Waals surface area contributed by atoms with Crippen LogP contribution < -0.4 is 4.74 Å². The second-order valence-electron chi connectivity index (χ2n) is 6.92. The third-order valence-corrected chi connectivity index (χ3v) is 5.56. The maximum absolute atomic E-state index is 5.33. The fraction of sp³-hybridized carbons (Fsp3) is 0.364. The molecule has 2 nitrogen and oxygen atoms in total. The van der Waals surface area contributed by atoms with Crippen molar-refractivity contribution in [1.82, 2.24) is 4.90 Å². The molecular formula is C22H25NO. The average Bonchev–Trinajstić information content (AvgIpc) is 2.94. The molecule has 1 atom stereocenters. The molecule has 0 spiro atoms. The van der Waals surface area contributed by atoms with Crippen LogP contribution in [0.15, 0.2) is 48.0 Å². The Morgan fingerprint density at radius 3 is 2.62 bits per heavy atom. The Kier molecular flexibility index (Phi) is 3.93. The van der Waals surface area contributed by atoms with Gasteiger partial charge in [-0.25, -0.2) is 0 Å². The van der Waals surface area contributed by atoms with E-state index in [0.717, 1.165) is 18.8 Å². The molecule has 2 aromatic carbocycles. The van der Waals surface area contributed by atoms with E-state index in [0.29, 0.717) is 5.92 Å². The van der Waals surface area contributed by atoms with E-state index in [2.05, 4.69) is 61.2 Å². The molecule has 2 aromatic rings. The summed E-state index contributed by atoms with van der Waals surface area (Å²) in [5.74, 6) is 1.48. The van der Waals surface area contributed by atoms with Crippen LogP contribution >= 0.6 is 0 Å². The highest BCUT2D eigenvalue weighted by Gasteiger charge is 2.35. The summed E-state index contributed by atoms with van der Waals surface area (Å²) in [6.45, 7) is 7.93. The molecule has 4 rings (SSSR count). The smallest absolute Gasteiger partial charge is 0.118 e. The summed E-state index contributed by atoms with van der Waals surface area (Å²) in [5, 5.41) is 0. The largest absolute Gasteiger partial charge is 0.497 e. The number of hydrogen-bond acceptors (Lipinski definition) is 2. The van der Waals surface area contributed by atoms with Crippen molar-refractivity contribution < 1.29 is 4.74 Å². The zero-order chi connectivity index (χ0) is 16.7. The fourth-order valence-electron chi connectivity index (χ4n) is 4.25. The van der Waals surface area contributed by atoms with Gasteiger partial charge in [-0.05, 0) is 54.3 Å². The lowest BCUT2D eigenvalue weighted by Crippen LogP contribution is -2.34. The standard InChI is InChI=1S/C22H25NO/c1-4-23-12-11-19-21(14-23)18-10-5-15(2)13-20(18)22(19)16-6-8-17(24-3)9-7-16/h5-10,13,21H,4,11-12,14H2,1-3H3/t21-/m1/s1. The number of piperidine rings is 1. The first-order valence-electron chi connectivity index (χ1n) is 8.92. The van der Waals surface area contributed by atoms with Crippen LogP contribution in [0.3, 0.4) is 0 Å². The number of nitrogens with zero attached hydrogens (tertiary/aromatic N) is 1. The summed E-state index contributed by atoms with van der Waals surface area (Å²) in [4.78, 5) is 2.58. The molecule has 0 unspecified atom stereocenters. The highest BCUT2D eigenvalue weighted by atomic mass is 16.5. The summed E-state index contributed by atoms with van der Waals surface area (Å²) in [7, 11) is 1.72. The summed E-state index contributed by atoms with van der Waals surface area (Å²) in [6, 6.07) is 15.6. The number of rotatable bonds is 3. The van der Waals surface area contributed by atoms with Crippen molar-refractivity contribution in [2.75, 3.05) is 26.7 Å². The van der Waals surface area contributed by atoms with Gasteiger partial charge in [-0.15, -0.1) is 0 Å². The molecular weight excluding hydrogens is 294 g/mol. The summed E-state index contributed by atoms with van der Waals surface area (Å²) < 4.78 is 5.33. The van der Waals surface area contributed by atoms with Crippen LogP contribution in [0.25, 0.3) is 5.57 Å². The molecule has 1 aliphatic carbocycles. The topological polar surface area (TPSA) is 12.5 Å². The van der Waals surface area contributed by atoms with Gasteiger partial charge in [0.05, 0.1) is 7.11 Å². The molecule has 124 valence electrons. The number of hydrogen-bond donors (Lipinski definition) is 0. The van der Waals surface area contributed by atoms with Crippen LogP contribution in [0, 0.1) is 6.92 Å². The molecule has 1 saturated heterocycles. The van der Waals surface area contributed by atoms with Gasteiger partial charge in [0.15, 0.2) is 0 Å². The highest BCUT2D eigenvalue weighted by molar-refractivity contribution is 5.89. The van der Waals surface area contributed by atoms with Crippen molar-refractivity contribution in [1.29, 1.82) is 0 Å². The number of benzene rings is 2. The van der Waals surface area contributed by atoms with Crippen molar-refractivity contribution in [3.63, 3.8) is 0 Å². The summed E-state index contributed by atoms with van der Waals surface area (Å²) >= 11 is 0. The molecule has 0 radical (unpaired) electrons. The maximum atomic E-state index is 5.33. The van der Waals surface area contributed by atoms with Gasteiger partial charge in [-0.3, -0.25) is 0 Å². The molecule has 2 heteroatoms. The number of likely N-dealkylation sites (tertiary alicyclic amines) is 1. The molecule has 24 heavy (non-hydrogen) atoms. The van der Waals surface area contributed by atoms with E-state index >= 15 is 0 Å². The lowest BCUT2D eigenvalue weighted by Gasteiger charge is -2.32. The third kappa shape index (κ3) is 2.46. The maximum Gasteiger partial charge on any atom is 0.118 e. The molecule has 0 aromatic heterocycles. The van der Waals surface area contributed by atoms with Gasteiger partial charge < -0.3 is 9.64 Å². The Hall–Kier alpha value is -2.06. The zero-order valence-electron chi connectivity index (χ0n) is 14.8. The van der Waals surface area contributed by atoms with E-state index < -0.39 is 0 Å². The minimum atomic E-state index is 0.561. The third-order valence-electron chi connectivity index (χ3n) is 5.56. The van der Waals surface area contributed by atoms with Gasteiger partial charge in [-0.1, -0.05) is 48.4 Å². The van der Waals surface area contributed by atoms with Gasteiger partial charge in [0.2, 0.25) is 0 Å². The second-order valence-corrected chi connectivity index (χ2v) is 6.92. The van der Waals surface area contributed by atoms with E-state index in [4.69, 9.17) is 4.74 Å². The minimum absolute atomic E-state index is 0.561. The fourth-order valence-corrected chi connectivity index (χ4v) is 4.25. The Labute approximate surface area is 144 Å². The second kappa shape index (κ2) is 6.10. The van der Waals surface area contributed by atoms with E-state index in [1.54, 1.807) is 12.7 Å². The van der Waals surface area contributed by atoms with Gasteiger partial charge in [0.25, 0.3) is 0 Å². The van der Waals surface area contributed by atoms with Gasteiger partial charge in [0.1, 0.15) is 5.75 Å². The Morgan fingerprint density at radius 2 is 1.92 bits per heavy atom. The molecule has 1 aliphatic heterocycles. The lowest BCUT2D eigenvalue weighted by atomic mass is 9.89. The van der Waals surface area contributed by atoms with Crippen LogP contribution in [0.2, 0.25) is 0 Å². The van der Waals surface area contributed by atoms with Gasteiger partial charge >= 0.3 is 0 Å². The SMILES string of the molecule is CCN1CCC2=C(c3ccc(OC)cc3)c3cc(C)ccc3[C@H]2C1. The number of likely N-dealkylation sites (N-methyl/N-ethyl adjacent to an activating group) is 1. The highest BCUT2D eigenvalue weighted by Crippen LogP contribution is 2.48. The Bertz CT molecular complexity index is 788. The summed E-state index contributed by atoms with van der Waals surface area (Å²) in [6.07, 6.45) is 1.17. The van der Waals surface area contributed by atoms with Gasteiger partial charge in [0, 0.05) is 19.0 Å². The van der Waals surface area contributed by atoms with Crippen LogP contribution in [0.4, 0.5) is 0 Å². The molecule has 1 fully saturated rings. The normalized spacial score (nSPS) is 20.0. The predicted molar refractivity (Wildman–Crippen MR) is 99.7 cm³/mol. The quantitative estimate of drug-likeness (QED) is 0.818. The monoisotopic (exact) mass is 319 g/mol. The van der Waals surface area contributed by atoms with Crippen molar-refractivity contribution in [3.8, 4) is 5.75 Å². The van der Waals surface area contributed by atoms with Crippen LogP contribution in [-0.2, 0) is 0 Å². The molecule has 0 amide bonds. The number of ether oxygens (including phenoxy) is 1. The van der Waals surface area contributed by atoms with Gasteiger partial charge in [-0.2, -0.15) is 0 Å². The van der Waals surface area contributed by atoms with Crippen molar-refractivity contribution in [2.24, 2.45) is 0 Å². The molecule has 0 saturated carbocycles. The van der Waals surface area contributed by atoms with Crippen molar-refractivity contribution in [3.05, 3.63) is 70.3 Å². The van der Waals surface area contributed by atoms with Crippen LogP contribution in [0.5, 0.6) is 5.75 Å². The minimum Gasteiger partial charge on any atom is -0.497 e. The van der Waals surface area contributed by atoms with E-state index in [1.165, 1.54) is 40.8 Å². The Balaban J connectivity index is 1.85. The first kappa shape index (κ1) is 15.5.